The maximum Gasteiger partial charge on any atom is 0.219 e. The van der Waals surface area contributed by atoms with E-state index in [4.69, 9.17) is 0 Å². The minimum Gasteiger partial charge on any atom is -0.356 e. The second-order valence-electron chi connectivity index (χ2n) is 10.9. The molecule has 0 aliphatic carbocycles. The second kappa shape index (κ2) is 16.7. The molecule has 2 aromatic rings. The summed E-state index contributed by atoms with van der Waals surface area (Å²) < 4.78 is 0. The zero-order valence-electron chi connectivity index (χ0n) is 22.4. The molecule has 2 aromatic carbocycles. The molecule has 3 aliphatic rings. The summed E-state index contributed by atoms with van der Waals surface area (Å²) in [7, 11) is 0. The van der Waals surface area contributed by atoms with Gasteiger partial charge < -0.3 is 10.6 Å². The van der Waals surface area contributed by atoms with Gasteiger partial charge in [-0.25, -0.2) is 0 Å². The molecule has 0 saturated carbocycles. The molecular formula is C30H45Cl3N4O. The molecule has 0 radical (unpaired) electrons. The number of piperidine rings is 2. The number of nitrogens with zero attached hydrogens (tertiary/aromatic N) is 2. The zero-order valence-corrected chi connectivity index (χ0v) is 24.8. The summed E-state index contributed by atoms with van der Waals surface area (Å²) in [5.41, 5.74) is 4.38. The predicted octanol–water partition coefficient (Wildman–Crippen LogP) is 5.10. The van der Waals surface area contributed by atoms with Crippen LogP contribution in [0.3, 0.4) is 0 Å². The van der Waals surface area contributed by atoms with Crippen molar-refractivity contribution in [3.63, 3.8) is 0 Å². The van der Waals surface area contributed by atoms with Crippen LogP contribution in [0.15, 0.2) is 54.6 Å². The smallest absolute Gasteiger partial charge is 0.219 e. The summed E-state index contributed by atoms with van der Waals surface area (Å²) in [6.45, 7) is 8.59. The largest absolute Gasteiger partial charge is 0.356 e. The fraction of sp³-hybridized carbons (Fsp3) is 0.567. The van der Waals surface area contributed by atoms with Gasteiger partial charge in [-0.15, -0.1) is 37.2 Å². The molecule has 2 N–H and O–H groups in total. The number of benzene rings is 2. The lowest BCUT2D eigenvalue weighted by Crippen LogP contribution is -2.55. The van der Waals surface area contributed by atoms with Crippen molar-refractivity contribution in [2.24, 2.45) is 11.8 Å². The number of rotatable bonds is 10. The van der Waals surface area contributed by atoms with Crippen molar-refractivity contribution < 1.29 is 4.79 Å². The first-order valence-electron chi connectivity index (χ1n) is 13.8. The molecule has 5 nitrogen and oxygen atoms in total. The second-order valence-corrected chi connectivity index (χ2v) is 10.9. The Morgan fingerprint density at radius 2 is 1.68 bits per heavy atom. The maximum atomic E-state index is 12.4. The van der Waals surface area contributed by atoms with Crippen LogP contribution < -0.4 is 10.6 Å². The lowest BCUT2D eigenvalue weighted by Gasteiger charge is -2.46. The van der Waals surface area contributed by atoms with Gasteiger partial charge in [-0.1, -0.05) is 54.6 Å². The molecular weight excluding hydrogens is 539 g/mol. The molecule has 2 saturated heterocycles. The number of carbonyl (C=O) groups excluding carboxylic acids is 1. The number of carbonyl (C=O) groups is 1. The van der Waals surface area contributed by atoms with E-state index in [1.54, 1.807) is 0 Å². The molecule has 3 aliphatic heterocycles. The summed E-state index contributed by atoms with van der Waals surface area (Å²) in [5.74, 6) is 1.70. The first kappa shape index (κ1) is 32.9. The zero-order chi connectivity index (χ0) is 23.9. The molecule has 8 heteroatoms. The summed E-state index contributed by atoms with van der Waals surface area (Å²) in [5, 5.41) is 6.97. The van der Waals surface area contributed by atoms with E-state index < -0.39 is 0 Å². The highest BCUT2D eigenvalue weighted by Crippen LogP contribution is 2.31. The monoisotopic (exact) mass is 582 g/mol. The summed E-state index contributed by atoms with van der Waals surface area (Å²) in [6.07, 6.45) is 6.25. The quantitative estimate of drug-likeness (QED) is 0.382. The van der Waals surface area contributed by atoms with Crippen LogP contribution in [-0.4, -0.2) is 61.0 Å². The van der Waals surface area contributed by atoms with Gasteiger partial charge in [-0.2, -0.15) is 0 Å². The topological polar surface area (TPSA) is 47.6 Å². The Bertz CT molecular complexity index is 964. The van der Waals surface area contributed by atoms with Gasteiger partial charge in [0, 0.05) is 58.3 Å². The minimum atomic E-state index is 0. The third-order valence-corrected chi connectivity index (χ3v) is 8.23. The van der Waals surface area contributed by atoms with Gasteiger partial charge >= 0.3 is 0 Å². The minimum absolute atomic E-state index is 0. The first-order valence-corrected chi connectivity index (χ1v) is 13.8. The van der Waals surface area contributed by atoms with Crippen molar-refractivity contribution >= 4 is 43.1 Å². The Hall–Kier alpha value is -1.34. The van der Waals surface area contributed by atoms with Crippen LogP contribution in [0, 0.1) is 11.8 Å². The number of likely N-dealkylation sites (tertiary alicyclic amines) is 1. The van der Waals surface area contributed by atoms with E-state index in [2.05, 4.69) is 75.0 Å². The van der Waals surface area contributed by atoms with E-state index in [0.717, 1.165) is 70.9 Å². The van der Waals surface area contributed by atoms with Gasteiger partial charge in [-0.3, -0.25) is 14.6 Å². The number of hydrogen-bond donors (Lipinski definition) is 2. The lowest BCUT2D eigenvalue weighted by molar-refractivity contribution is -0.121. The van der Waals surface area contributed by atoms with Crippen LogP contribution in [0.2, 0.25) is 0 Å². The van der Waals surface area contributed by atoms with E-state index in [1.807, 2.05) is 0 Å². The normalized spacial score (nSPS) is 22.7. The molecule has 1 amide bonds. The fourth-order valence-electron chi connectivity index (χ4n) is 6.43. The van der Waals surface area contributed by atoms with Crippen molar-refractivity contribution in [1.29, 1.82) is 0 Å². The van der Waals surface area contributed by atoms with Gasteiger partial charge in [0.2, 0.25) is 5.91 Å². The summed E-state index contributed by atoms with van der Waals surface area (Å²) in [4.78, 5) is 17.6. The Morgan fingerprint density at radius 3 is 2.50 bits per heavy atom. The van der Waals surface area contributed by atoms with Crippen molar-refractivity contribution in [2.45, 2.75) is 57.7 Å². The van der Waals surface area contributed by atoms with Crippen LogP contribution in [0.4, 0.5) is 0 Å². The Kier molecular flexibility index (Phi) is 14.4. The third kappa shape index (κ3) is 9.39. The predicted molar refractivity (Wildman–Crippen MR) is 164 cm³/mol. The van der Waals surface area contributed by atoms with Gasteiger partial charge in [0.05, 0.1) is 0 Å². The van der Waals surface area contributed by atoms with E-state index >= 15 is 0 Å². The van der Waals surface area contributed by atoms with E-state index in [9.17, 15) is 4.79 Å². The van der Waals surface area contributed by atoms with Gasteiger partial charge in [-0.05, 0) is 67.2 Å². The van der Waals surface area contributed by atoms with E-state index in [0.29, 0.717) is 18.4 Å². The number of amides is 1. The Labute approximate surface area is 247 Å². The third-order valence-electron chi connectivity index (χ3n) is 8.23. The molecule has 0 aromatic heterocycles. The number of halogens is 3. The van der Waals surface area contributed by atoms with Crippen molar-refractivity contribution in [3.05, 3.63) is 71.3 Å². The van der Waals surface area contributed by atoms with Gasteiger partial charge in [0.1, 0.15) is 0 Å². The van der Waals surface area contributed by atoms with E-state index in [1.165, 1.54) is 36.2 Å². The average Bonchev–Trinajstić information content (AvgIpc) is 2.88. The summed E-state index contributed by atoms with van der Waals surface area (Å²) in [6, 6.07) is 20.2. The molecule has 5 rings (SSSR count). The standard InChI is InChI=1S/C30H42N4O.3ClH/c35-30(31-15-7-16-33-17-14-26-10-4-5-11-27(26)22-33)13-6-12-29-28-18-25(19-32-29)21-34(23-28)20-24-8-2-1-3-9-24;;;/h1-5,8-11,25,28-29,32H,6-7,12-23H2,(H,31,35);3*1H/t25-,28-,29-;;;/m1.../s1. The Balaban J connectivity index is 0.00000169. The van der Waals surface area contributed by atoms with Crippen molar-refractivity contribution in [2.75, 3.05) is 39.3 Å². The van der Waals surface area contributed by atoms with Crippen LogP contribution >= 0.6 is 37.2 Å². The fourth-order valence-corrected chi connectivity index (χ4v) is 6.43. The van der Waals surface area contributed by atoms with Crippen molar-refractivity contribution in [1.82, 2.24) is 20.4 Å². The Morgan fingerprint density at radius 1 is 0.921 bits per heavy atom. The highest BCUT2D eigenvalue weighted by atomic mass is 35.5. The molecule has 0 unspecified atom stereocenters. The van der Waals surface area contributed by atoms with Crippen molar-refractivity contribution in [3.8, 4) is 0 Å². The van der Waals surface area contributed by atoms with Gasteiger partial charge in [0.15, 0.2) is 0 Å². The molecule has 2 bridgehead atoms. The molecule has 2 fully saturated rings. The summed E-state index contributed by atoms with van der Waals surface area (Å²) >= 11 is 0. The van der Waals surface area contributed by atoms with Crippen LogP contribution in [0.1, 0.15) is 48.8 Å². The highest BCUT2D eigenvalue weighted by molar-refractivity contribution is 5.86. The maximum absolute atomic E-state index is 12.4. The molecule has 3 atom stereocenters. The highest BCUT2D eigenvalue weighted by Gasteiger charge is 2.36. The number of fused-ring (bicyclic) bond motifs is 3. The molecule has 3 heterocycles. The SMILES string of the molecule is Cl.Cl.Cl.O=C(CCC[C@H]1NC[C@H]2C[C@@H]1CN(Cc1ccccc1)C2)NCCCN1CCc2ccccc2C1. The van der Waals surface area contributed by atoms with Gasteiger partial charge in [0.25, 0.3) is 0 Å². The van der Waals surface area contributed by atoms with Crippen LogP contribution in [0.5, 0.6) is 0 Å². The lowest BCUT2D eigenvalue weighted by atomic mass is 9.79. The van der Waals surface area contributed by atoms with Crippen LogP contribution in [-0.2, 0) is 24.3 Å². The first-order chi connectivity index (χ1) is 17.2. The van der Waals surface area contributed by atoms with E-state index in [-0.39, 0.29) is 43.1 Å². The number of hydrogen-bond acceptors (Lipinski definition) is 4. The average molecular weight is 584 g/mol. The molecule has 38 heavy (non-hydrogen) atoms. The number of nitrogens with one attached hydrogen (secondary N) is 2. The van der Waals surface area contributed by atoms with Crippen LogP contribution in [0.25, 0.3) is 0 Å². The molecule has 0 spiro atoms. The molecule has 212 valence electrons.